The van der Waals surface area contributed by atoms with E-state index in [-0.39, 0.29) is 5.82 Å². The molecular weight excluding hydrogens is 331 g/mol. The number of anilines is 4. The highest BCUT2D eigenvalue weighted by Gasteiger charge is 2.41. The Labute approximate surface area is 152 Å². The monoisotopic (exact) mass is 354 g/mol. The topological polar surface area (TPSA) is 49.4 Å². The molecule has 2 aromatic rings. The van der Waals surface area contributed by atoms with Crippen LogP contribution in [0.2, 0.25) is 0 Å². The van der Waals surface area contributed by atoms with E-state index in [1.165, 1.54) is 30.8 Å². The van der Waals surface area contributed by atoms with E-state index < -0.39 is 0 Å². The third-order valence-corrected chi connectivity index (χ3v) is 5.98. The van der Waals surface area contributed by atoms with Crippen molar-refractivity contribution in [3.8, 4) is 0 Å². The van der Waals surface area contributed by atoms with Crippen molar-refractivity contribution in [2.75, 3.05) is 22.6 Å². The van der Waals surface area contributed by atoms with Crippen LogP contribution in [0.1, 0.15) is 31.2 Å². The molecule has 1 unspecified atom stereocenters. The summed E-state index contributed by atoms with van der Waals surface area (Å²) in [6.07, 6.45) is 6.32. The predicted molar refractivity (Wildman–Crippen MR) is 101 cm³/mol. The zero-order valence-corrected chi connectivity index (χ0v) is 14.8. The van der Waals surface area contributed by atoms with Gasteiger partial charge in [-0.2, -0.15) is 0 Å². The van der Waals surface area contributed by atoms with Gasteiger partial charge < -0.3 is 20.3 Å². The van der Waals surface area contributed by atoms with Crippen LogP contribution in [-0.4, -0.2) is 30.3 Å². The molecule has 0 radical (unpaired) electrons. The second kappa shape index (κ2) is 6.13. The summed E-state index contributed by atoms with van der Waals surface area (Å²) in [7, 11) is 1.83. The number of rotatable bonds is 2. The second-order valence-electron chi connectivity index (χ2n) is 7.49. The van der Waals surface area contributed by atoms with Crippen LogP contribution in [0.5, 0.6) is 0 Å². The zero-order chi connectivity index (χ0) is 17.7. The fourth-order valence-corrected chi connectivity index (χ4v) is 4.74. The Hall–Kier alpha value is -2.34. The van der Waals surface area contributed by atoms with Gasteiger partial charge in [0.2, 0.25) is 0 Å². The number of methoxy groups -OCH3 is 1. The highest BCUT2D eigenvalue weighted by atomic mass is 19.1. The molecule has 1 aromatic heterocycles. The number of hydrogen-bond donors (Lipinski definition) is 2. The molecule has 0 spiro atoms. The lowest BCUT2D eigenvalue weighted by Gasteiger charge is -2.40. The number of piperidine rings is 1. The van der Waals surface area contributed by atoms with Crippen molar-refractivity contribution in [2.24, 2.45) is 0 Å². The molecule has 3 aliphatic heterocycles. The van der Waals surface area contributed by atoms with Crippen molar-refractivity contribution < 1.29 is 9.13 Å². The third kappa shape index (κ3) is 2.60. The van der Waals surface area contributed by atoms with Gasteiger partial charge in [-0.3, -0.25) is 0 Å². The first-order valence-corrected chi connectivity index (χ1v) is 9.32. The van der Waals surface area contributed by atoms with E-state index in [0.29, 0.717) is 30.6 Å². The summed E-state index contributed by atoms with van der Waals surface area (Å²) in [6, 6.07) is 9.14. The number of nitrogens with one attached hydrogen (secondary N) is 2. The highest BCUT2D eigenvalue weighted by molar-refractivity contribution is 5.80. The van der Waals surface area contributed by atoms with Crippen molar-refractivity contribution in [1.82, 2.24) is 4.98 Å². The molecular formula is C20H23FN4O. The summed E-state index contributed by atoms with van der Waals surface area (Å²) in [6.45, 7) is 0.558. The minimum Gasteiger partial charge on any atom is -0.381 e. The molecule has 0 amide bonds. The molecule has 2 saturated heterocycles. The number of benzene rings is 1. The van der Waals surface area contributed by atoms with Crippen molar-refractivity contribution in [2.45, 2.75) is 50.4 Å². The fraction of sp³-hybridized carbons (Fsp3) is 0.450. The molecule has 5 rings (SSSR count). The second-order valence-corrected chi connectivity index (χ2v) is 7.49. The Morgan fingerprint density at radius 1 is 1.15 bits per heavy atom. The maximum atomic E-state index is 13.5. The first-order chi connectivity index (χ1) is 12.7. The summed E-state index contributed by atoms with van der Waals surface area (Å²) >= 11 is 0. The molecule has 2 fully saturated rings. The molecule has 2 bridgehead atoms. The van der Waals surface area contributed by atoms with Crippen LogP contribution in [-0.2, 0) is 11.3 Å². The van der Waals surface area contributed by atoms with Crippen LogP contribution in [0.25, 0.3) is 0 Å². The normalized spacial score (nSPS) is 26.4. The molecule has 0 saturated carbocycles. The molecule has 0 aliphatic carbocycles. The van der Waals surface area contributed by atoms with Gasteiger partial charge in [0.1, 0.15) is 11.6 Å². The fourth-order valence-electron chi connectivity index (χ4n) is 4.74. The van der Waals surface area contributed by atoms with Gasteiger partial charge >= 0.3 is 0 Å². The van der Waals surface area contributed by atoms with E-state index >= 15 is 0 Å². The van der Waals surface area contributed by atoms with Gasteiger partial charge in [0, 0.05) is 37.0 Å². The standard InChI is InChI=1S/C20H23FN4O/c1-26-17-7-14-2-3-15(8-17)25(14)16-4-5-18-19(9-16)22-10-12-6-13(21)11-23-20(12)24-18/h4-6,9,11,14-15,17,22H,2-3,7-8,10H2,1H3,(H,23,24)/t14-,15+,17?. The lowest BCUT2D eigenvalue weighted by atomic mass is 9.98. The van der Waals surface area contributed by atoms with E-state index in [0.717, 1.165) is 29.8 Å². The van der Waals surface area contributed by atoms with Gasteiger partial charge in [-0.1, -0.05) is 0 Å². The van der Waals surface area contributed by atoms with Crippen LogP contribution in [0.3, 0.4) is 0 Å². The molecule has 4 heterocycles. The number of aromatic nitrogens is 1. The van der Waals surface area contributed by atoms with Crippen LogP contribution >= 0.6 is 0 Å². The average molecular weight is 354 g/mol. The van der Waals surface area contributed by atoms with Crippen LogP contribution < -0.4 is 15.5 Å². The predicted octanol–water partition coefficient (Wildman–Crippen LogP) is 4.04. The van der Waals surface area contributed by atoms with Crippen LogP contribution in [0.15, 0.2) is 30.5 Å². The summed E-state index contributed by atoms with van der Waals surface area (Å²) in [5.41, 5.74) is 4.11. The zero-order valence-electron chi connectivity index (χ0n) is 14.8. The van der Waals surface area contributed by atoms with E-state index in [1.807, 2.05) is 7.11 Å². The number of fused-ring (bicyclic) bond motifs is 4. The maximum Gasteiger partial charge on any atom is 0.141 e. The van der Waals surface area contributed by atoms with Crippen LogP contribution in [0, 0.1) is 5.82 Å². The Balaban J connectivity index is 1.44. The van der Waals surface area contributed by atoms with E-state index in [9.17, 15) is 4.39 Å². The van der Waals surface area contributed by atoms with E-state index in [1.54, 1.807) is 0 Å². The minimum atomic E-state index is -0.309. The molecule has 3 aliphatic rings. The van der Waals surface area contributed by atoms with E-state index in [4.69, 9.17) is 4.74 Å². The van der Waals surface area contributed by atoms with Crippen molar-refractivity contribution in [3.63, 3.8) is 0 Å². The number of halogens is 1. The minimum absolute atomic E-state index is 0.309. The number of ether oxygens (including phenoxy) is 1. The quantitative estimate of drug-likeness (QED) is 0.853. The summed E-state index contributed by atoms with van der Waals surface area (Å²) < 4.78 is 19.1. The summed E-state index contributed by atoms with van der Waals surface area (Å²) in [4.78, 5) is 6.77. The average Bonchev–Trinajstić information content (AvgIpc) is 2.82. The first kappa shape index (κ1) is 15.9. The molecule has 1 aromatic carbocycles. The van der Waals surface area contributed by atoms with Gasteiger partial charge in [-0.25, -0.2) is 9.37 Å². The Morgan fingerprint density at radius 3 is 2.73 bits per heavy atom. The lowest BCUT2D eigenvalue weighted by molar-refractivity contribution is 0.0684. The third-order valence-electron chi connectivity index (χ3n) is 5.98. The van der Waals surface area contributed by atoms with E-state index in [2.05, 4.69) is 38.7 Å². The van der Waals surface area contributed by atoms with Gasteiger partial charge in [0.15, 0.2) is 0 Å². The van der Waals surface area contributed by atoms with Crippen molar-refractivity contribution >= 4 is 22.9 Å². The molecule has 6 heteroatoms. The molecule has 5 nitrogen and oxygen atoms in total. The van der Waals surface area contributed by atoms with Crippen LogP contribution in [0.4, 0.5) is 27.3 Å². The summed E-state index contributed by atoms with van der Waals surface area (Å²) in [5.74, 6) is 0.406. The van der Waals surface area contributed by atoms with Crippen molar-refractivity contribution in [3.05, 3.63) is 41.8 Å². The van der Waals surface area contributed by atoms with Gasteiger partial charge in [-0.15, -0.1) is 0 Å². The molecule has 26 heavy (non-hydrogen) atoms. The number of nitrogens with zero attached hydrogens (tertiary/aromatic N) is 2. The highest BCUT2D eigenvalue weighted by Crippen LogP contribution is 2.42. The number of hydrogen-bond acceptors (Lipinski definition) is 5. The Bertz CT molecular complexity index is 829. The Kier molecular flexibility index (Phi) is 3.74. The smallest absolute Gasteiger partial charge is 0.141 e. The largest absolute Gasteiger partial charge is 0.381 e. The number of pyridine rings is 1. The van der Waals surface area contributed by atoms with Gasteiger partial charge in [-0.05, 0) is 49.9 Å². The maximum absolute atomic E-state index is 13.5. The summed E-state index contributed by atoms with van der Waals surface area (Å²) in [5, 5.41) is 6.77. The van der Waals surface area contributed by atoms with Gasteiger partial charge in [0.25, 0.3) is 0 Å². The first-order valence-electron chi connectivity index (χ1n) is 9.32. The Morgan fingerprint density at radius 2 is 1.96 bits per heavy atom. The molecule has 2 N–H and O–H groups in total. The van der Waals surface area contributed by atoms with Gasteiger partial charge in [0.05, 0.1) is 23.7 Å². The molecule has 136 valence electrons. The SMILES string of the molecule is COC1C[C@H]2CC[C@@H](C1)N2c1ccc2c(c1)NCc1cc(F)cnc1N2. The molecule has 3 atom stereocenters. The lowest BCUT2D eigenvalue weighted by Crippen LogP contribution is -2.45. The van der Waals surface area contributed by atoms with Crippen molar-refractivity contribution in [1.29, 1.82) is 0 Å².